The number of fused-ring (bicyclic) bond motifs is 1. The first-order valence-corrected chi connectivity index (χ1v) is 11.2. The molecule has 1 aliphatic heterocycles. The van der Waals surface area contributed by atoms with Crippen molar-refractivity contribution in [3.63, 3.8) is 0 Å². The molecule has 1 aliphatic rings. The molecular formula is C23H17N13O6. The Bertz CT molecular complexity index is 1790. The molecule has 19 heteroatoms. The molecule has 0 saturated carbocycles. The van der Waals surface area contributed by atoms with E-state index in [0.717, 1.165) is 0 Å². The molecule has 0 fully saturated rings. The van der Waals surface area contributed by atoms with Gasteiger partial charge in [0.25, 0.3) is 11.4 Å². The van der Waals surface area contributed by atoms with Crippen LogP contribution in [-0.4, -0.2) is 16.2 Å². The maximum Gasteiger partial charge on any atom is 0.339 e. The average molecular weight is 571 g/mol. The van der Waals surface area contributed by atoms with Crippen LogP contribution in [0.4, 0.5) is 28.4 Å². The Morgan fingerprint density at radius 2 is 1.48 bits per heavy atom. The summed E-state index contributed by atoms with van der Waals surface area (Å²) in [5, 5.41) is 34.5. The quantitative estimate of drug-likeness (QED) is 0.0621. The molecule has 1 aromatic heterocycles. The van der Waals surface area contributed by atoms with Gasteiger partial charge in [0.05, 0.1) is 15.5 Å². The highest BCUT2D eigenvalue weighted by Gasteiger charge is 2.10. The van der Waals surface area contributed by atoms with Gasteiger partial charge >= 0.3 is 5.63 Å². The Labute approximate surface area is 233 Å². The summed E-state index contributed by atoms with van der Waals surface area (Å²) in [5.74, 6) is 0. The van der Waals surface area contributed by atoms with E-state index >= 15 is 0 Å². The second kappa shape index (κ2) is 16.1. The lowest BCUT2D eigenvalue weighted by molar-refractivity contribution is -0.384. The van der Waals surface area contributed by atoms with E-state index in [0.29, 0.717) is 22.2 Å². The van der Waals surface area contributed by atoms with Crippen LogP contribution in [0.5, 0.6) is 0 Å². The van der Waals surface area contributed by atoms with Crippen molar-refractivity contribution in [2.75, 3.05) is 0 Å². The fourth-order valence-corrected chi connectivity index (χ4v) is 2.87. The van der Waals surface area contributed by atoms with E-state index < -0.39 is 15.5 Å². The van der Waals surface area contributed by atoms with Crippen LogP contribution in [0, 0.1) is 27.2 Å². The van der Waals surface area contributed by atoms with E-state index in [1.165, 1.54) is 42.5 Å². The first kappa shape index (κ1) is 31.3. The average Bonchev–Trinajstić information content (AvgIpc) is 3.87. The number of hydrazone groups is 1. The van der Waals surface area contributed by atoms with Gasteiger partial charge in [-0.1, -0.05) is 57.8 Å². The summed E-state index contributed by atoms with van der Waals surface area (Å²) < 4.78 is 5.04. The van der Waals surface area contributed by atoms with E-state index in [1.807, 2.05) is 0 Å². The van der Waals surface area contributed by atoms with Crippen molar-refractivity contribution in [2.24, 2.45) is 20.4 Å². The zero-order valence-electron chi connectivity index (χ0n) is 21.3. The van der Waals surface area contributed by atoms with Crippen LogP contribution in [0.25, 0.3) is 42.3 Å². The molecule has 0 bridgehead atoms. The standard InChI is InChI=1S/C10H7N3O2.2C6H4N4O2.CH2N2/c1-6-9(12-13-11)7-4-2-3-5-8(7)15-10(6)14;7-9-8-5-2-1-3-6(4-5)10(11)12;7-9-8-5-3-1-2-4-6(5)10(11)12;1-2-3-1/h2-5H,1H3;2*1-4H;1H,(H,2,3). The van der Waals surface area contributed by atoms with E-state index in [2.05, 4.69) is 40.6 Å². The van der Waals surface area contributed by atoms with Gasteiger partial charge in [-0.15, -0.1) is 0 Å². The third-order valence-corrected chi connectivity index (χ3v) is 4.71. The molecule has 210 valence electrons. The Morgan fingerprint density at radius 3 is 2.07 bits per heavy atom. The van der Waals surface area contributed by atoms with Crippen LogP contribution in [0.2, 0.25) is 0 Å². The molecular weight excluding hydrogens is 554 g/mol. The Kier molecular flexibility index (Phi) is 12.0. The predicted octanol–water partition coefficient (Wildman–Crippen LogP) is 7.65. The van der Waals surface area contributed by atoms with Gasteiger partial charge in [-0.05, 0) is 35.6 Å². The maximum absolute atomic E-state index is 11.4. The highest BCUT2D eigenvalue weighted by atomic mass is 16.6. The van der Waals surface area contributed by atoms with Crippen molar-refractivity contribution >= 4 is 45.7 Å². The lowest BCUT2D eigenvalue weighted by Crippen LogP contribution is -2.02. The lowest BCUT2D eigenvalue weighted by atomic mass is 10.1. The molecule has 1 N–H and O–H groups in total. The zero-order chi connectivity index (χ0) is 30.9. The molecule has 0 saturated heterocycles. The molecule has 19 nitrogen and oxygen atoms in total. The fraction of sp³-hybridized carbons (Fsp3) is 0.0435. The number of hydrogen-bond acceptors (Lipinski definition) is 11. The van der Waals surface area contributed by atoms with Crippen molar-refractivity contribution in [3.05, 3.63) is 140 Å². The number of nitrogens with one attached hydrogen (secondary N) is 1. The normalized spacial score (nSPS) is 9.64. The zero-order valence-corrected chi connectivity index (χ0v) is 21.3. The second-order valence-corrected chi connectivity index (χ2v) is 7.34. The summed E-state index contributed by atoms with van der Waals surface area (Å²) in [7, 11) is 0. The third kappa shape index (κ3) is 9.75. The first-order valence-electron chi connectivity index (χ1n) is 11.2. The maximum atomic E-state index is 11.4. The molecule has 3 aromatic carbocycles. The number of hydrogen-bond donors (Lipinski definition) is 1. The molecule has 0 amide bonds. The van der Waals surface area contributed by atoms with Crippen molar-refractivity contribution in [2.45, 2.75) is 6.92 Å². The summed E-state index contributed by atoms with van der Waals surface area (Å²) in [6.07, 6.45) is 1.62. The third-order valence-electron chi connectivity index (χ3n) is 4.71. The van der Waals surface area contributed by atoms with Gasteiger partial charge < -0.3 is 4.42 Å². The van der Waals surface area contributed by atoms with Gasteiger partial charge in [-0.25, -0.2) is 4.79 Å². The Hall–Kier alpha value is -6.93. The highest BCUT2D eigenvalue weighted by molar-refractivity contribution is 5.89. The highest BCUT2D eigenvalue weighted by Crippen LogP contribution is 2.27. The van der Waals surface area contributed by atoms with Crippen molar-refractivity contribution in [3.8, 4) is 0 Å². The van der Waals surface area contributed by atoms with E-state index in [-0.39, 0.29) is 22.7 Å². The van der Waals surface area contributed by atoms with Crippen LogP contribution in [0.15, 0.2) is 102 Å². The summed E-state index contributed by atoms with van der Waals surface area (Å²) in [6, 6.07) is 18.2. The SMILES string of the molecule is C1=NN1.Cc1c(N=[N+]=[N-])c2ccccc2oc1=O.[N-]=[N+]=Nc1cccc([N+](=O)[O-])c1.[N-]=[N+]=Nc1ccccc1[N+](=O)[O-]. The fourth-order valence-electron chi connectivity index (χ4n) is 2.87. The lowest BCUT2D eigenvalue weighted by Gasteiger charge is -2.01. The van der Waals surface area contributed by atoms with E-state index in [4.69, 9.17) is 21.0 Å². The van der Waals surface area contributed by atoms with Gasteiger partial charge in [0, 0.05) is 49.6 Å². The number of non-ortho nitro benzene ring substituents is 1. The Balaban J connectivity index is 0.000000211. The second-order valence-electron chi connectivity index (χ2n) is 7.34. The van der Waals surface area contributed by atoms with Gasteiger partial charge in [0.2, 0.25) is 0 Å². The van der Waals surface area contributed by atoms with Crippen molar-refractivity contribution in [1.82, 2.24) is 5.43 Å². The van der Waals surface area contributed by atoms with Gasteiger partial charge in [0.1, 0.15) is 17.6 Å². The summed E-state index contributed by atoms with van der Waals surface area (Å²) in [4.78, 5) is 38.5. The molecule has 4 aromatic rings. The van der Waals surface area contributed by atoms with Crippen molar-refractivity contribution in [1.29, 1.82) is 0 Å². The van der Waals surface area contributed by atoms with Crippen molar-refractivity contribution < 1.29 is 14.3 Å². The molecule has 0 radical (unpaired) electrons. The van der Waals surface area contributed by atoms with Gasteiger partial charge in [-0.2, -0.15) is 5.10 Å². The molecule has 0 atom stereocenters. The number of nitro benzene ring substituents is 2. The number of nitrogens with zero attached hydrogens (tertiary/aromatic N) is 12. The van der Waals surface area contributed by atoms with Crippen LogP contribution in [-0.2, 0) is 0 Å². The number of rotatable bonds is 5. The number of para-hydroxylation sites is 2. The summed E-state index contributed by atoms with van der Waals surface area (Å²) in [6.45, 7) is 1.57. The molecule has 0 unspecified atom stereocenters. The number of benzene rings is 3. The monoisotopic (exact) mass is 571 g/mol. The largest absolute Gasteiger partial charge is 0.423 e. The predicted molar refractivity (Wildman–Crippen MR) is 151 cm³/mol. The van der Waals surface area contributed by atoms with Crippen LogP contribution in [0.1, 0.15) is 5.56 Å². The molecule has 0 spiro atoms. The first-order chi connectivity index (χ1) is 20.2. The van der Waals surface area contributed by atoms with Crippen LogP contribution in [0.3, 0.4) is 0 Å². The summed E-state index contributed by atoms with van der Waals surface area (Å²) in [5.41, 5.74) is 27.6. The van der Waals surface area contributed by atoms with Gasteiger partial charge in [-0.3, -0.25) is 25.7 Å². The number of nitro groups is 2. The van der Waals surface area contributed by atoms with E-state index in [9.17, 15) is 25.0 Å². The molecule has 0 aliphatic carbocycles. The topological polar surface area (TPSA) is 297 Å². The van der Waals surface area contributed by atoms with Crippen LogP contribution < -0.4 is 11.1 Å². The minimum Gasteiger partial charge on any atom is -0.423 e. The molecule has 5 rings (SSSR count). The van der Waals surface area contributed by atoms with Crippen LogP contribution >= 0.6 is 0 Å². The molecule has 2 heterocycles. The van der Waals surface area contributed by atoms with E-state index in [1.54, 1.807) is 43.6 Å². The van der Waals surface area contributed by atoms with Gasteiger partial charge in [0.15, 0.2) is 0 Å². The smallest absolute Gasteiger partial charge is 0.339 e. The Morgan fingerprint density at radius 1 is 0.857 bits per heavy atom. The summed E-state index contributed by atoms with van der Waals surface area (Å²) >= 11 is 0. The number of azide groups is 3. The molecule has 42 heavy (non-hydrogen) atoms. The minimum atomic E-state index is -0.593. The minimum absolute atomic E-state index is 0.0324.